The number of aliphatic hydroxyl groups excluding tert-OH is 1. The van der Waals surface area contributed by atoms with Crippen LogP contribution in [-0.4, -0.2) is 92.5 Å². The van der Waals surface area contributed by atoms with Gasteiger partial charge in [0.2, 0.25) is 5.91 Å². The van der Waals surface area contributed by atoms with Gasteiger partial charge in [0, 0.05) is 63.9 Å². The largest absolute Gasteiger partial charge is 0.390 e. The molecular weight excluding hydrogens is 492 g/mol. The fourth-order valence-electron chi connectivity index (χ4n) is 5.88. The van der Waals surface area contributed by atoms with Gasteiger partial charge in [-0.2, -0.15) is 0 Å². The summed E-state index contributed by atoms with van der Waals surface area (Å²) in [5.74, 6) is 0.863. The number of piperidine rings is 1. The normalized spacial score (nSPS) is 21.7. The van der Waals surface area contributed by atoms with Crippen molar-refractivity contribution in [2.45, 2.75) is 44.5 Å². The van der Waals surface area contributed by atoms with Crippen molar-refractivity contribution < 1.29 is 14.7 Å². The molecular formula is C30H34N6O3. The third kappa shape index (κ3) is 5.37. The van der Waals surface area contributed by atoms with Gasteiger partial charge < -0.3 is 20.2 Å². The van der Waals surface area contributed by atoms with Crippen molar-refractivity contribution in [2.24, 2.45) is 0 Å². The number of nitrogens with one attached hydrogen (secondary N) is 1. The van der Waals surface area contributed by atoms with E-state index in [4.69, 9.17) is 0 Å². The zero-order valence-electron chi connectivity index (χ0n) is 22.2. The number of aliphatic hydroxyl groups is 1. The van der Waals surface area contributed by atoms with E-state index in [2.05, 4.69) is 44.5 Å². The van der Waals surface area contributed by atoms with Crippen LogP contribution in [0, 0.1) is 0 Å². The van der Waals surface area contributed by atoms with E-state index in [0.717, 1.165) is 25.1 Å². The molecule has 2 fully saturated rings. The minimum atomic E-state index is -0.631. The first kappa shape index (κ1) is 25.5. The Balaban J connectivity index is 1.17. The molecule has 9 nitrogen and oxygen atoms in total. The van der Waals surface area contributed by atoms with Crippen LogP contribution in [0.15, 0.2) is 60.7 Å². The van der Waals surface area contributed by atoms with E-state index in [1.807, 2.05) is 30.3 Å². The molecule has 3 aliphatic heterocycles. The second-order valence-electron chi connectivity index (χ2n) is 10.8. The molecule has 0 unspecified atom stereocenters. The molecule has 0 bridgehead atoms. The van der Waals surface area contributed by atoms with Crippen LogP contribution in [0.25, 0.3) is 11.4 Å². The Hall–Kier alpha value is -3.82. The summed E-state index contributed by atoms with van der Waals surface area (Å²) in [5.41, 5.74) is 3.82. The predicted octanol–water partition coefficient (Wildman–Crippen LogP) is 2.42. The quantitative estimate of drug-likeness (QED) is 0.527. The predicted molar refractivity (Wildman–Crippen MR) is 148 cm³/mol. The zero-order valence-corrected chi connectivity index (χ0v) is 22.2. The molecule has 0 aliphatic carbocycles. The molecule has 3 aliphatic rings. The summed E-state index contributed by atoms with van der Waals surface area (Å²) in [5, 5.41) is 14.5. The first-order chi connectivity index (χ1) is 18.9. The Labute approximate surface area is 228 Å². The molecule has 3 aromatic rings. The number of fused-ring (bicyclic) bond motifs is 1. The third-order valence-electron chi connectivity index (χ3n) is 8.12. The smallest absolute Gasteiger partial charge is 0.272 e. The average molecular weight is 527 g/mol. The number of rotatable bonds is 5. The lowest BCUT2D eigenvalue weighted by Crippen LogP contribution is -2.56. The summed E-state index contributed by atoms with van der Waals surface area (Å²) in [4.78, 5) is 40.4. The van der Waals surface area contributed by atoms with Gasteiger partial charge in [0.05, 0.1) is 12.1 Å². The van der Waals surface area contributed by atoms with Crippen molar-refractivity contribution in [1.82, 2.24) is 24.7 Å². The summed E-state index contributed by atoms with van der Waals surface area (Å²) in [6, 6.07) is 19.9. The second-order valence-corrected chi connectivity index (χ2v) is 10.8. The Morgan fingerprint density at radius 2 is 1.67 bits per heavy atom. The number of carbonyl (C=O) groups excluding carboxylic acids is 2. The number of hydrogen-bond donors (Lipinski definition) is 2. The highest BCUT2D eigenvalue weighted by molar-refractivity contribution is 5.93. The van der Waals surface area contributed by atoms with Gasteiger partial charge in [-0.1, -0.05) is 54.6 Å². The minimum Gasteiger partial charge on any atom is -0.390 e. The van der Waals surface area contributed by atoms with Gasteiger partial charge in [0.25, 0.3) is 5.91 Å². The van der Waals surface area contributed by atoms with Gasteiger partial charge in [0.15, 0.2) is 5.82 Å². The Morgan fingerprint density at radius 1 is 0.923 bits per heavy atom. The summed E-state index contributed by atoms with van der Waals surface area (Å²) in [6.07, 6.45) is 1.06. The number of carbonyl (C=O) groups is 2. The van der Waals surface area contributed by atoms with Crippen LogP contribution in [0.4, 0.5) is 5.82 Å². The Kier molecular flexibility index (Phi) is 7.01. The first-order valence-corrected chi connectivity index (χ1v) is 13.7. The number of nitrogens with zero attached hydrogens (tertiary/aromatic N) is 5. The second kappa shape index (κ2) is 10.7. The van der Waals surface area contributed by atoms with Crippen molar-refractivity contribution in [3.05, 3.63) is 77.5 Å². The molecule has 202 valence electrons. The van der Waals surface area contributed by atoms with E-state index in [-0.39, 0.29) is 30.4 Å². The van der Waals surface area contributed by atoms with Gasteiger partial charge >= 0.3 is 0 Å². The Morgan fingerprint density at radius 3 is 2.41 bits per heavy atom. The molecule has 2 atom stereocenters. The van der Waals surface area contributed by atoms with Gasteiger partial charge in [-0.3, -0.25) is 14.5 Å². The molecule has 2 aromatic carbocycles. The number of hydrogen-bond acceptors (Lipinski definition) is 7. The number of anilines is 1. The van der Waals surface area contributed by atoms with Gasteiger partial charge in [0.1, 0.15) is 11.5 Å². The topological polar surface area (TPSA) is 102 Å². The van der Waals surface area contributed by atoms with Crippen molar-refractivity contribution >= 4 is 17.6 Å². The fourth-order valence-corrected chi connectivity index (χ4v) is 5.88. The maximum absolute atomic E-state index is 13.7. The van der Waals surface area contributed by atoms with Gasteiger partial charge in [-0.25, -0.2) is 9.97 Å². The molecule has 0 spiro atoms. The number of aromatic nitrogens is 2. The molecule has 0 radical (unpaired) electrons. The van der Waals surface area contributed by atoms with Crippen molar-refractivity contribution in [3.63, 3.8) is 0 Å². The zero-order chi connectivity index (χ0) is 26.9. The highest BCUT2D eigenvalue weighted by Gasteiger charge is 2.36. The van der Waals surface area contributed by atoms with Crippen LogP contribution in [-0.2, 0) is 17.8 Å². The minimum absolute atomic E-state index is 0.0211. The summed E-state index contributed by atoms with van der Waals surface area (Å²) < 4.78 is 0. The van der Waals surface area contributed by atoms with Crippen LogP contribution >= 0.6 is 0 Å². The summed E-state index contributed by atoms with van der Waals surface area (Å²) >= 11 is 0. The van der Waals surface area contributed by atoms with E-state index in [0.29, 0.717) is 43.4 Å². The molecule has 1 aromatic heterocycles. The van der Waals surface area contributed by atoms with E-state index >= 15 is 0 Å². The van der Waals surface area contributed by atoms with Crippen LogP contribution in [0.5, 0.6) is 0 Å². The average Bonchev–Trinajstić information content (AvgIpc) is 2.94. The molecule has 2 saturated heterocycles. The standard InChI is InChI=1S/C30H34N6O3/c1-20(37)36-17-24(18-36)31-28-15-25(32-29(33-28)22-8-3-2-4-9-22)30(39)35-14-12-26(27(38)19-35)34-13-11-21-7-5-6-10-23(21)16-34/h2-10,15,24,26-27,38H,11-14,16-19H2,1H3,(H,31,32,33)/t26-,27-/m1/s1. The van der Waals surface area contributed by atoms with E-state index < -0.39 is 6.10 Å². The number of amides is 2. The lowest BCUT2D eigenvalue weighted by molar-refractivity contribution is -0.132. The highest BCUT2D eigenvalue weighted by Crippen LogP contribution is 2.27. The lowest BCUT2D eigenvalue weighted by atomic mass is 9.94. The van der Waals surface area contributed by atoms with E-state index in [1.54, 1.807) is 22.8 Å². The lowest BCUT2D eigenvalue weighted by Gasteiger charge is -2.43. The highest BCUT2D eigenvalue weighted by atomic mass is 16.3. The third-order valence-corrected chi connectivity index (χ3v) is 8.12. The molecule has 0 saturated carbocycles. The van der Waals surface area contributed by atoms with Crippen LogP contribution < -0.4 is 5.32 Å². The monoisotopic (exact) mass is 526 g/mol. The molecule has 39 heavy (non-hydrogen) atoms. The number of benzene rings is 2. The molecule has 6 rings (SSSR count). The van der Waals surface area contributed by atoms with Gasteiger partial charge in [-0.05, 0) is 24.0 Å². The molecule has 4 heterocycles. The molecule has 2 amide bonds. The molecule has 2 N–H and O–H groups in total. The first-order valence-electron chi connectivity index (χ1n) is 13.7. The number of likely N-dealkylation sites (tertiary alicyclic amines) is 2. The number of β-amino-alcohol motifs (C(OH)–C–C–N with tert-alkyl or cyclic N) is 1. The maximum Gasteiger partial charge on any atom is 0.272 e. The fraction of sp³-hybridized carbons (Fsp3) is 0.400. The van der Waals surface area contributed by atoms with Crippen LogP contribution in [0.2, 0.25) is 0 Å². The summed E-state index contributed by atoms with van der Waals surface area (Å²) in [7, 11) is 0. The summed E-state index contributed by atoms with van der Waals surface area (Å²) in [6.45, 7) is 5.33. The van der Waals surface area contributed by atoms with Crippen LogP contribution in [0.3, 0.4) is 0 Å². The van der Waals surface area contributed by atoms with Crippen LogP contribution in [0.1, 0.15) is 35.0 Å². The van der Waals surface area contributed by atoms with Crippen molar-refractivity contribution in [1.29, 1.82) is 0 Å². The van der Waals surface area contributed by atoms with Gasteiger partial charge in [-0.15, -0.1) is 0 Å². The molecule has 9 heteroatoms. The van der Waals surface area contributed by atoms with E-state index in [1.165, 1.54) is 11.1 Å². The maximum atomic E-state index is 13.7. The van der Waals surface area contributed by atoms with E-state index in [9.17, 15) is 14.7 Å². The Bertz CT molecular complexity index is 1360. The SMILES string of the molecule is CC(=O)N1CC(Nc2cc(C(=O)N3CC[C@@H](N4CCc5ccccc5C4)[C@H](O)C3)nc(-c3ccccc3)n2)C1. The van der Waals surface area contributed by atoms with Crippen molar-refractivity contribution in [3.8, 4) is 11.4 Å². The van der Waals surface area contributed by atoms with Crippen molar-refractivity contribution in [2.75, 3.05) is 38.0 Å².